The number of carboxylic acids is 1. The van der Waals surface area contributed by atoms with Gasteiger partial charge in [-0.1, -0.05) is 43.7 Å². The normalized spacial score (nSPS) is 19.8. The summed E-state index contributed by atoms with van der Waals surface area (Å²) < 4.78 is 12.1. The van der Waals surface area contributed by atoms with Crippen LogP contribution in [0.25, 0.3) is 0 Å². The van der Waals surface area contributed by atoms with Gasteiger partial charge < -0.3 is 25.2 Å². The molecule has 1 aliphatic rings. The maximum Gasteiger partial charge on any atom is 0.331 e. The van der Waals surface area contributed by atoms with Crippen LogP contribution in [0, 0.1) is 6.92 Å². The van der Waals surface area contributed by atoms with Crippen molar-refractivity contribution < 1.29 is 24.2 Å². The topological polar surface area (TPSA) is 96.9 Å². The Morgan fingerprint density at radius 2 is 1.63 bits per heavy atom. The fourth-order valence-corrected chi connectivity index (χ4v) is 4.23. The second-order valence-corrected chi connectivity index (χ2v) is 9.01. The van der Waals surface area contributed by atoms with E-state index in [4.69, 9.17) is 9.47 Å². The van der Waals surface area contributed by atoms with Crippen LogP contribution in [0.5, 0.6) is 11.5 Å². The molecule has 0 saturated heterocycles. The Bertz CT molecular complexity index is 1010. The molecule has 35 heavy (non-hydrogen) atoms. The maximum atomic E-state index is 12.0. The van der Waals surface area contributed by atoms with Crippen LogP contribution in [-0.4, -0.2) is 41.3 Å². The van der Waals surface area contributed by atoms with Gasteiger partial charge in [0.25, 0.3) is 0 Å². The molecule has 1 aliphatic carbocycles. The molecule has 0 unspecified atom stereocenters. The minimum absolute atomic E-state index is 0.0117. The van der Waals surface area contributed by atoms with Crippen molar-refractivity contribution in [2.75, 3.05) is 0 Å². The highest BCUT2D eigenvalue weighted by Gasteiger charge is 2.37. The van der Waals surface area contributed by atoms with Crippen LogP contribution in [0.2, 0.25) is 0 Å². The lowest BCUT2D eigenvalue weighted by Crippen LogP contribution is -2.58. The lowest BCUT2D eigenvalue weighted by atomic mass is 9.87. The first-order valence-electron chi connectivity index (χ1n) is 12.2. The fraction of sp³-hybridized carbons (Fsp3) is 0.429. The molecule has 2 aromatic rings. The summed E-state index contributed by atoms with van der Waals surface area (Å²) in [7, 11) is 0. The molecule has 0 spiro atoms. The molecule has 0 bridgehead atoms. The SMILES string of the molecule is CCC(CC)O[C@@H]1C=C(C(=O)O)C[C@H](NCc2ccc(Oc3ccc(C)cc3)cc2)[C@H]1NC(C)=O. The standard InChI is InChI=1S/C28H36N2O5/c1-5-22(6-2)35-26-16-21(28(32)33)15-25(27(26)30-19(4)31)29-17-20-9-13-24(14-10-20)34-23-11-7-18(3)8-12-23/h7-14,16,22,25-27,29H,5-6,15,17H2,1-4H3,(H,30,31)(H,32,33)/t25-,26+,27+/m0/s1. The monoisotopic (exact) mass is 480 g/mol. The molecular formula is C28H36N2O5. The Hall–Kier alpha value is -3.16. The lowest BCUT2D eigenvalue weighted by molar-refractivity contribution is -0.133. The van der Waals surface area contributed by atoms with E-state index in [1.54, 1.807) is 6.08 Å². The van der Waals surface area contributed by atoms with Crippen LogP contribution < -0.4 is 15.4 Å². The van der Waals surface area contributed by atoms with Gasteiger partial charge in [0.1, 0.15) is 11.5 Å². The number of aliphatic carboxylic acids is 1. The molecule has 7 heteroatoms. The van der Waals surface area contributed by atoms with Crippen molar-refractivity contribution in [1.82, 2.24) is 10.6 Å². The molecule has 188 valence electrons. The molecule has 3 N–H and O–H groups in total. The number of nitrogens with one attached hydrogen (secondary N) is 2. The number of benzene rings is 2. The zero-order valence-corrected chi connectivity index (χ0v) is 20.9. The van der Waals surface area contributed by atoms with Crippen LogP contribution >= 0.6 is 0 Å². The second kappa shape index (κ2) is 12.5. The van der Waals surface area contributed by atoms with Gasteiger partial charge in [0, 0.05) is 25.1 Å². The molecule has 0 heterocycles. The van der Waals surface area contributed by atoms with E-state index in [0.29, 0.717) is 12.1 Å². The van der Waals surface area contributed by atoms with Gasteiger partial charge in [0.15, 0.2) is 0 Å². The summed E-state index contributed by atoms with van der Waals surface area (Å²) in [6.07, 6.45) is 3.03. The molecule has 3 rings (SSSR count). The second-order valence-electron chi connectivity index (χ2n) is 9.01. The van der Waals surface area contributed by atoms with Crippen LogP contribution in [-0.2, 0) is 20.9 Å². The highest BCUT2D eigenvalue weighted by molar-refractivity contribution is 5.87. The van der Waals surface area contributed by atoms with E-state index in [0.717, 1.165) is 29.9 Å². The Balaban J connectivity index is 1.71. The van der Waals surface area contributed by atoms with Gasteiger partial charge in [-0.25, -0.2) is 4.79 Å². The summed E-state index contributed by atoms with van der Waals surface area (Å²) in [5.41, 5.74) is 2.49. The molecule has 0 radical (unpaired) electrons. The van der Waals surface area contributed by atoms with E-state index in [9.17, 15) is 14.7 Å². The third-order valence-electron chi connectivity index (χ3n) is 6.25. The highest BCUT2D eigenvalue weighted by atomic mass is 16.5. The van der Waals surface area contributed by atoms with Gasteiger partial charge in [-0.3, -0.25) is 4.79 Å². The number of ether oxygens (including phenoxy) is 2. The number of hydrogen-bond acceptors (Lipinski definition) is 5. The van der Waals surface area contributed by atoms with E-state index >= 15 is 0 Å². The van der Waals surface area contributed by atoms with Crippen LogP contribution in [0.1, 0.15) is 51.2 Å². The van der Waals surface area contributed by atoms with E-state index in [1.807, 2.05) is 69.3 Å². The largest absolute Gasteiger partial charge is 0.478 e. The van der Waals surface area contributed by atoms with E-state index in [-0.39, 0.29) is 30.5 Å². The predicted molar refractivity (Wildman–Crippen MR) is 136 cm³/mol. The lowest BCUT2D eigenvalue weighted by Gasteiger charge is -2.38. The van der Waals surface area contributed by atoms with Gasteiger partial charge in [-0.05, 0) is 62.1 Å². The number of rotatable bonds is 11. The molecule has 1 amide bonds. The first-order valence-corrected chi connectivity index (χ1v) is 12.2. The molecular weight excluding hydrogens is 444 g/mol. The molecule has 3 atom stereocenters. The number of amides is 1. The molecule has 0 saturated carbocycles. The van der Waals surface area contributed by atoms with Crippen LogP contribution in [0.3, 0.4) is 0 Å². The summed E-state index contributed by atoms with van der Waals surface area (Å²) in [6.45, 7) is 8.08. The molecule has 0 aromatic heterocycles. The van der Waals surface area contributed by atoms with Crippen molar-refractivity contribution in [2.45, 2.75) is 77.8 Å². The number of hydrogen-bond donors (Lipinski definition) is 3. The minimum Gasteiger partial charge on any atom is -0.478 e. The smallest absolute Gasteiger partial charge is 0.331 e. The van der Waals surface area contributed by atoms with E-state index < -0.39 is 12.1 Å². The van der Waals surface area contributed by atoms with Gasteiger partial charge in [-0.2, -0.15) is 0 Å². The average molecular weight is 481 g/mol. The number of aryl methyl sites for hydroxylation is 1. The molecule has 0 fully saturated rings. The zero-order chi connectivity index (χ0) is 25.4. The first kappa shape index (κ1) is 26.4. The minimum atomic E-state index is -0.964. The summed E-state index contributed by atoms with van der Waals surface area (Å²) in [6, 6.07) is 15.0. The van der Waals surface area contributed by atoms with Crippen LogP contribution in [0.15, 0.2) is 60.2 Å². The highest BCUT2D eigenvalue weighted by Crippen LogP contribution is 2.26. The quantitative estimate of drug-likeness (QED) is 0.430. The summed E-state index contributed by atoms with van der Waals surface area (Å²) in [5, 5.41) is 16.1. The Morgan fingerprint density at radius 1 is 1.03 bits per heavy atom. The van der Waals surface area contributed by atoms with Gasteiger partial charge >= 0.3 is 5.97 Å². The van der Waals surface area contributed by atoms with Crippen molar-refractivity contribution in [2.24, 2.45) is 0 Å². The molecule has 0 aliphatic heterocycles. The van der Waals surface area contributed by atoms with Crippen LogP contribution in [0.4, 0.5) is 0 Å². The summed E-state index contributed by atoms with van der Waals surface area (Å²) in [4.78, 5) is 23.8. The Kier molecular flexibility index (Phi) is 9.46. The van der Waals surface area contributed by atoms with Crippen molar-refractivity contribution >= 4 is 11.9 Å². The third-order valence-corrected chi connectivity index (χ3v) is 6.25. The number of carbonyl (C=O) groups excluding carboxylic acids is 1. The van der Waals surface area contributed by atoms with Gasteiger partial charge in [0.2, 0.25) is 5.91 Å². The molecule has 2 aromatic carbocycles. The van der Waals surface area contributed by atoms with Crippen molar-refractivity contribution in [3.05, 3.63) is 71.3 Å². The van der Waals surface area contributed by atoms with Crippen molar-refractivity contribution in [1.29, 1.82) is 0 Å². The van der Waals surface area contributed by atoms with E-state index in [2.05, 4.69) is 10.6 Å². The fourth-order valence-electron chi connectivity index (χ4n) is 4.23. The van der Waals surface area contributed by atoms with Gasteiger partial charge in [-0.15, -0.1) is 0 Å². The number of carbonyl (C=O) groups is 2. The Labute approximate surface area is 207 Å². The van der Waals surface area contributed by atoms with Crippen molar-refractivity contribution in [3.63, 3.8) is 0 Å². The van der Waals surface area contributed by atoms with Gasteiger partial charge in [0.05, 0.1) is 18.2 Å². The first-order chi connectivity index (χ1) is 16.8. The Morgan fingerprint density at radius 3 is 2.17 bits per heavy atom. The summed E-state index contributed by atoms with van der Waals surface area (Å²) >= 11 is 0. The molecule has 7 nitrogen and oxygen atoms in total. The average Bonchev–Trinajstić information content (AvgIpc) is 2.84. The number of carboxylic acid groups (broad SMARTS) is 1. The van der Waals surface area contributed by atoms with Crippen molar-refractivity contribution in [3.8, 4) is 11.5 Å². The third kappa shape index (κ3) is 7.67. The predicted octanol–water partition coefficient (Wildman–Crippen LogP) is 4.74. The van der Waals surface area contributed by atoms with E-state index in [1.165, 1.54) is 12.5 Å². The zero-order valence-electron chi connectivity index (χ0n) is 20.9. The maximum absolute atomic E-state index is 12.0. The summed E-state index contributed by atoms with van der Waals surface area (Å²) in [5.74, 6) is 0.373.